The molecule has 0 bridgehead atoms. The fraction of sp³-hybridized carbons (Fsp3) is 0.800. The highest BCUT2D eigenvalue weighted by molar-refractivity contribution is 4.92. The third-order valence-corrected chi connectivity index (χ3v) is 2.40. The van der Waals surface area contributed by atoms with Crippen LogP contribution in [0, 0.1) is 5.92 Å². The lowest BCUT2D eigenvalue weighted by atomic mass is 10.0. The van der Waals surface area contributed by atoms with Gasteiger partial charge in [0.05, 0.1) is 6.61 Å². The summed E-state index contributed by atoms with van der Waals surface area (Å²) in [5, 5.41) is 3.44. The van der Waals surface area contributed by atoms with Gasteiger partial charge in [0.2, 0.25) is 0 Å². The summed E-state index contributed by atoms with van der Waals surface area (Å²) in [4.78, 5) is 0. The van der Waals surface area contributed by atoms with Gasteiger partial charge >= 0.3 is 0 Å². The first-order chi connectivity index (χ1) is 5.70. The van der Waals surface area contributed by atoms with Gasteiger partial charge in [-0.1, -0.05) is 12.2 Å². The number of nitrogens with one attached hydrogen (secondary N) is 1. The van der Waals surface area contributed by atoms with Gasteiger partial charge < -0.3 is 10.1 Å². The smallest absolute Gasteiger partial charge is 0.0509 e. The van der Waals surface area contributed by atoms with Crippen LogP contribution < -0.4 is 5.32 Å². The summed E-state index contributed by atoms with van der Waals surface area (Å²) in [7, 11) is 0. The number of ether oxygens (including phenoxy) is 1. The average Bonchev–Trinajstić information content (AvgIpc) is 2.51. The maximum absolute atomic E-state index is 5.32. The van der Waals surface area contributed by atoms with Crippen LogP contribution in [0.15, 0.2) is 12.2 Å². The third kappa shape index (κ3) is 2.95. The largest absolute Gasteiger partial charge is 0.381 e. The molecule has 2 unspecified atom stereocenters. The Morgan fingerprint density at radius 1 is 1.75 bits per heavy atom. The zero-order valence-corrected chi connectivity index (χ0v) is 8.10. The zero-order chi connectivity index (χ0) is 8.97. The molecule has 0 radical (unpaired) electrons. The molecule has 12 heavy (non-hydrogen) atoms. The van der Waals surface area contributed by atoms with E-state index >= 15 is 0 Å². The van der Waals surface area contributed by atoms with Crippen LogP contribution >= 0.6 is 0 Å². The molecule has 0 aromatic heterocycles. The van der Waals surface area contributed by atoms with Crippen molar-refractivity contribution in [3.05, 3.63) is 12.2 Å². The predicted octanol–water partition coefficient (Wildman–Crippen LogP) is 1.58. The highest BCUT2D eigenvalue weighted by atomic mass is 16.5. The number of rotatable bonds is 4. The molecule has 2 nitrogen and oxygen atoms in total. The summed E-state index contributed by atoms with van der Waals surface area (Å²) >= 11 is 0. The molecule has 0 aromatic rings. The van der Waals surface area contributed by atoms with E-state index < -0.39 is 0 Å². The van der Waals surface area contributed by atoms with Crippen molar-refractivity contribution >= 4 is 0 Å². The van der Waals surface area contributed by atoms with E-state index in [1.54, 1.807) is 0 Å². The van der Waals surface area contributed by atoms with Crippen LogP contribution in [0.3, 0.4) is 0 Å². The molecular weight excluding hydrogens is 150 g/mol. The van der Waals surface area contributed by atoms with Gasteiger partial charge in [0.25, 0.3) is 0 Å². The fourth-order valence-corrected chi connectivity index (χ4v) is 1.45. The van der Waals surface area contributed by atoms with Gasteiger partial charge in [-0.2, -0.15) is 0 Å². The molecule has 1 saturated heterocycles. The fourth-order valence-electron chi connectivity index (χ4n) is 1.45. The van der Waals surface area contributed by atoms with Gasteiger partial charge in [0.1, 0.15) is 0 Å². The molecule has 0 amide bonds. The second kappa shape index (κ2) is 4.63. The van der Waals surface area contributed by atoms with Crippen LogP contribution in [-0.4, -0.2) is 25.8 Å². The lowest BCUT2D eigenvalue weighted by molar-refractivity contribution is 0.179. The van der Waals surface area contributed by atoms with Crippen LogP contribution in [0.1, 0.15) is 20.3 Å². The first-order valence-corrected chi connectivity index (χ1v) is 4.65. The van der Waals surface area contributed by atoms with E-state index in [4.69, 9.17) is 4.74 Å². The van der Waals surface area contributed by atoms with Crippen LogP contribution in [0.5, 0.6) is 0 Å². The zero-order valence-electron chi connectivity index (χ0n) is 8.10. The number of hydrogen-bond donors (Lipinski definition) is 1. The normalized spacial score (nSPS) is 25.7. The van der Waals surface area contributed by atoms with Crippen molar-refractivity contribution in [2.75, 3.05) is 19.8 Å². The van der Waals surface area contributed by atoms with E-state index in [9.17, 15) is 0 Å². The minimum Gasteiger partial charge on any atom is -0.381 e. The molecule has 0 spiro atoms. The van der Waals surface area contributed by atoms with Crippen LogP contribution in [0.25, 0.3) is 0 Å². The van der Waals surface area contributed by atoms with Crippen LogP contribution in [0.4, 0.5) is 0 Å². The van der Waals surface area contributed by atoms with E-state index in [0.29, 0.717) is 12.0 Å². The van der Waals surface area contributed by atoms with E-state index in [-0.39, 0.29) is 0 Å². The molecular formula is C10H19NO. The molecule has 2 atom stereocenters. The third-order valence-electron chi connectivity index (χ3n) is 2.40. The Hall–Kier alpha value is -0.340. The Bertz CT molecular complexity index is 150. The summed E-state index contributed by atoms with van der Waals surface area (Å²) in [5.41, 5.74) is 1.20. The van der Waals surface area contributed by atoms with Gasteiger partial charge in [-0.3, -0.25) is 0 Å². The molecule has 0 saturated carbocycles. The standard InChI is InChI=1S/C10H19NO/c1-8(2)6-11-9(3)10-4-5-12-7-10/h9-11H,1,4-7H2,2-3H3. The molecule has 0 aliphatic carbocycles. The molecule has 70 valence electrons. The van der Waals surface area contributed by atoms with Crippen molar-refractivity contribution in [2.45, 2.75) is 26.3 Å². The molecule has 1 N–H and O–H groups in total. The lowest BCUT2D eigenvalue weighted by Gasteiger charge is -2.19. The molecule has 1 fully saturated rings. The first-order valence-electron chi connectivity index (χ1n) is 4.65. The summed E-state index contributed by atoms with van der Waals surface area (Å²) in [6, 6.07) is 0.559. The second-order valence-corrected chi connectivity index (χ2v) is 3.75. The summed E-state index contributed by atoms with van der Waals surface area (Å²) < 4.78 is 5.32. The van der Waals surface area contributed by atoms with E-state index in [1.165, 1.54) is 12.0 Å². The maximum Gasteiger partial charge on any atom is 0.0509 e. The van der Waals surface area contributed by atoms with Crippen molar-refractivity contribution in [2.24, 2.45) is 5.92 Å². The van der Waals surface area contributed by atoms with E-state index in [1.807, 2.05) is 6.92 Å². The predicted molar refractivity (Wildman–Crippen MR) is 51.2 cm³/mol. The van der Waals surface area contributed by atoms with Crippen molar-refractivity contribution in [3.63, 3.8) is 0 Å². The van der Waals surface area contributed by atoms with Gasteiger partial charge in [0, 0.05) is 19.2 Å². The Labute approximate surface area is 75.0 Å². The molecule has 1 heterocycles. The van der Waals surface area contributed by atoms with Crippen molar-refractivity contribution < 1.29 is 4.74 Å². The van der Waals surface area contributed by atoms with Crippen molar-refractivity contribution in [1.82, 2.24) is 5.32 Å². The quantitative estimate of drug-likeness (QED) is 0.645. The minimum absolute atomic E-state index is 0.559. The molecule has 2 heteroatoms. The topological polar surface area (TPSA) is 21.3 Å². The Morgan fingerprint density at radius 2 is 2.50 bits per heavy atom. The average molecular weight is 169 g/mol. The van der Waals surface area contributed by atoms with Crippen LogP contribution in [0.2, 0.25) is 0 Å². The second-order valence-electron chi connectivity index (χ2n) is 3.75. The summed E-state index contributed by atoms with van der Waals surface area (Å²) in [6.07, 6.45) is 1.20. The van der Waals surface area contributed by atoms with Crippen LogP contribution in [-0.2, 0) is 4.74 Å². The first kappa shape index (κ1) is 9.75. The van der Waals surface area contributed by atoms with E-state index in [2.05, 4.69) is 18.8 Å². The lowest BCUT2D eigenvalue weighted by Crippen LogP contribution is -2.34. The molecule has 0 aromatic carbocycles. The summed E-state index contributed by atoms with van der Waals surface area (Å²) in [5.74, 6) is 0.698. The minimum atomic E-state index is 0.559. The molecule has 1 aliphatic heterocycles. The summed E-state index contributed by atoms with van der Waals surface area (Å²) in [6.45, 7) is 10.9. The van der Waals surface area contributed by atoms with Gasteiger partial charge in [-0.25, -0.2) is 0 Å². The highest BCUT2D eigenvalue weighted by Crippen LogP contribution is 2.16. The Morgan fingerprint density at radius 3 is 3.00 bits per heavy atom. The van der Waals surface area contributed by atoms with Gasteiger partial charge in [-0.05, 0) is 26.2 Å². The molecule has 1 aliphatic rings. The highest BCUT2D eigenvalue weighted by Gasteiger charge is 2.21. The SMILES string of the molecule is C=C(C)CNC(C)C1CCOC1. The van der Waals surface area contributed by atoms with Gasteiger partial charge in [0.15, 0.2) is 0 Å². The number of hydrogen-bond acceptors (Lipinski definition) is 2. The maximum atomic E-state index is 5.32. The van der Waals surface area contributed by atoms with E-state index in [0.717, 1.165) is 19.8 Å². The van der Waals surface area contributed by atoms with Crippen molar-refractivity contribution in [1.29, 1.82) is 0 Å². The van der Waals surface area contributed by atoms with Crippen molar-refractivity contribution in [3.8, 4) is 0 Å². The van der Waals surface area contributed by atoms with Gasteiger partial charge in [-0.15, -0.1) is 0 Å². The molecule has 1 rings (SSSR count). The Kier molecular flexibility index (Phi) is 3.76. The monoisotopic (exact) mass is 169 g/mol. The Balaban J connectivity index is 2.17.